The number of nitrogens with zero attached hydrogens (tertiary/aromatic N) is 7. The molecule has 0 saturated carbocycles. The number of benzene rings is 2. The number of pyridine rings is 2. The molecule has 0 aliphatic heterocycles. The first-order valence-corrected chi connectivity index (χ1v) is 16.4. The van der Waals surface area contributed by atoms with E-state index in [0.29, 0.717) is 53.3 Å². The average molecular weight is 663 g/mol. The van der Waals surface area contributed by atoms with Crippen LogP contribution in [0.3, 0.4) is 0 Å². The summed E-state index contributed by atoms with van der Waals surface area (Å²) < 4.78 is 31.5. The Morgan fingerprint density at radius 3 is 2.65 bits per heavy atom. The van der Waals surface area contributed by atoms with E-state index in [9.17, 15) is 18.0 Å². The van der Waals surface area contributed by atoms with E-state index < -0.39 is 10.2 Å². The third-order valence-corrected chi connectivity index (χ3v) is 9.68. The molecule has 1 amide bonds. The van der Waals surface area contributed by atoms with Crippen molar-refractivity contribution in [3.63, 3.8) is 0 Å². The molecule has 7 rings (SSSR count). The number of hydrogen-bond acceptors (Lipinski definition) is 9. The summed E-state index contributed by atoms with van der Waals surface area (Å²) in [5.41, 5.74) is 11.5. The van der Waals surface area contributed by atoms with Crippen LogP contribution in [0.25, 0.3) is 34.1 Å². The highest BCUT2D eigenvalue weighted by Gasteiger charge is 2.27. The Kier molecular flexibility index (Phi) is 7.69. The summed E-state index contributed by atoms with van der Waals surface area (Å²) in [6, 6.07) is 19.2. The zero-order valence-electron chi connectivity index (χ0n) is 25.9. The van der Waals surface area contributed by atoms with Gasteiger partial charge in [0.05, 0.1) is 17.3 Å². The third kappa shape index (κ3) is 5.54. The zero-order chi connectivity index (χ0) is 33.6. The van der Waals surface area contributed by atoms with E-state index in [1.165, 1.54) is 32.3 Å². The quantitative estimate of drug-likeness (QED) is 0.194. The van der Waals surface area contributed by atoms with E-state index in [1.54, 1.807) is 17.1 Å². The van der Waals surface area contributed by atoms with Crippen LogP contribution in [-0.4, -0.2) is 68.3 Å². The van der Waals surface area contributed by atoms with Crippen LogP contribution in [-0.2, 0) is 16.6 Å². The molecule has 0 fully saturated rings. The van der Waals surface area contributed by atoms with Gasteiger partial charge in [0.25, 0.3) is 5.91 Å². The highest BCUT2D eigenvalue weighted by Crippen LogP contribution is 2.36. The molecule has 4 heterocycles. The van der Waals surface area contributed by atoms with Crippen molar-refractivity contribution in [3.05, 3.63) is 108 Å². The number of nitrogens with one attached hydrogen (secondary N) is 2. The van der Waals surface area contributed by atoms with Crippen molar-refractivity contribution in [2.75, 3.05) is 24.6 Å². The van der Waals surface area contributed by atoms with E-state index >= 15 is 0 Å². The summed E-state index contributed by atoms with van der Waals surface area (Å²) >= 11 is 0. The first-order valence-electron chi connectivity index (χ1n) is 15.0. The molecule has 1 atom stereocenters. The molecule has 1 aliphatic rings. The molecule has 0 bridgehead atoms. The predicted octanol–water partition coefficient (Wildman–Crippen LogP) is 3.70. The molecule has 14 nitrogen and oxygen atoms in total. The fourth-order valence-electron chi connectivity index (χ4n) is 5.77. The van der Waals surface area contributed by atoms with Gasteiger partial charge in [-0.3, -0.25) is 18.9 Å². The van der Waals surface area contributed by atoms with E-state index in [1.807, 2.05) is 53.2 Å². The molecule has 48 heavy (non-hydrogen) atoms. The summed E-state index contributed by atoms with van der Waals surface area (Å²) in [4.78, 5) is 39.2. The lowest BCUT2D eigenvalue weighted by atomic mass is 10.1. The van der Waals surface area contributed by atoms with Crippen LogP contribution in [0.1, 0.15) is 44.3 Å². The number of carbonyl (C=O) groups excluding carboxylic acids is 2. The van der Waals surface area contributed by atoms with Crippen LogP contribution in [0.5, 0.6) is 0 Å². The minimum atomic E-state index is -3.83. The fraction of sp³-hybridized carbons (Fsp3) is 0.152. The summed E-state index contributed by atoms with van der Waals surface area (Å²) in [7, 11) is -1.09. The number of aromatic nitrogens is 6. The van der Waals surface area contributed by atoms with E-state index in [-0.39, 0.29) is 28.8 Å². The lowest BCUT2D eigenvalue weighted by Crippen LogP contribution is -2.30. The highest BCUT2D eigenvalue weighted by atomic mass is 32.2. The van der Waals surface area contributed by atoms with Gasteiger partial charge in [-0.15, -0.1) is 0 Å². The molecule has 242 valence electrons. The minimum Gasteiger partial charge on any atom is -0.383 e. The predicted molar refractivity (Wildman–Crippen MR) is 180 cm³/mol. The maximum Gasteiger partial charge on any atom is 0.301 e. The highest BCUT2D eigenvalue weighted by molar-refractivity contribution is 7.90. The number of hydrogen-bond donors (Lipinski definition) is 3. The molecular formula is C33H30N10O4S. The van der Waals surface area contributed by atoms with Gasteiger partial charge in [0.1, 0.15) is 11.3 Å². The standard InChI is InChI=1S/C33H30N10O4S/c1-41(2)48(46,47)40-26-10-7-21(17-22(26)19-44)33(45)38-27-11-6-20-18-23(8-9-24(20)27)43-31(25-5-3-14-35-30(25)34)37-28-12-13-29(39-32(28)43)42-16-4-15-36-42/h3-5,7-10,12-19,27,40H,6,11H2,1-2H3,(H2,34,35)(H,38,45)/t27-/m0/s1. The molecule has 2 aromatic carbocycles. The Hall–Kier alpha value is -5.93. The molecule has 1 aliphatic carbocycles. The Morgan fingerprint density at radius 1 is 1.04 bits per heavy atom. The molecule has 0 unspecified atom stereocenters. The second kappa shape index (κ2) is 12.0. The second-order valence-electron chi connectivity index (χ2n) is 11.4. The number of aldehydes is 1. The van der Waals surface area contributed by atoms with Gasteiger partial charge in [-0.1, -0.05) is 6.07 Å². The Balaban J connectivity index is 1.21. The first-order chi connectivity index (χ1) is 23.1. The fourth-order valence-corrected chi connectivity index (χ4v) is 6.42. The molecule has 4 N–H and O–H groups in total. The molecule has 6 aromatic rings. The largest absolute Gasteiger partial charge is 0.383 e. The molecule has 0 saturated heterocycles. The Bertz CT molecular complexity index is 2320. The van der Waals surface area contributed by atoms with Crippen LogP contribution in [0.4, 0.5) is 11.5 Å². The van der Waals surface area contributed by atoms with Gasteiger partial charge in [0.2, 0.25) is 0 Å². The van der Waals surface area contributed by atoms with Crippen LogP contribution >= 0.6 is 0 Å². The molecule has 15 heteroatoms. The minimum absolute atomic E-state index is 0.0477. The number of rotatable bonds is 9. The normalized spacial score (nSPS) is 14.3. The SMILES string of the molecule is CN(C)S(=O)(=O)Nc1ccc(C(=O)N[C@H]2CCc3cc(-n4c(-c5cccnc5N)nc5ccc(-n6cccn6)nc54)ccc32)cc1C=O. The van der Waals surface area contributed by atoms with Gasteiger partial charge >= 0.3 is 10.2 Å². The smallest absolute Gasteiger partial charge is 0.301 e. The topological polar surface area (TPSA) is 183 Å². The number of nitrogen functional groups attached to an aromatic ring is 1. The van der Waals surface area contributed by atoms with E-state index in [2.05, 4.69) is 26.2 Å². The van der Waals surface area contributed by atoms with E-state index in [0.717, 1.165) is 21.1 Å². The molecule has 4 aromatic heterocycles. The number of anilines is 2. The number of aryl methyl sites for hydroxylation is 1. The summed E-state index contributed by atoms with van der Waals surface area (Å²) in [6.07, 6.45) is 7.02. The zero-order valence-corrected chi connectivity index (χ0v) is 26.7. The Morgan fingerprint density at radius 2 is 1.90 bits per heavy atom. The van der Waals surface area contributed by atoms with Gasteiger partial charge in [-0.25, -0.2) is 19.6 Å². The maximum absolute atomic E-state index is 13.3. The van der Waals surface area contributed by atoms with Crippen LogP contribution in [0.2, 0.25) is 0 Å². The first kappa shape index (κ1) is 30.7. The van der Waals surface area contributed by atoms with Crippen LogP contribution < -0.4 is 15.8 Å². The van der Waals surface area contributed by atoms with Crippen molar-refractivity contribution in [3.8, 4) is 22.9 Å². The number of fused-ring (bicyclic) bond motifs is 2. The maximum atomic E-state index is 13.3. The van der Waals surface area contributed by atoms with Crippen molar-refractivity contribution < 1.29 is 18.0 Å². The Labute approximate surface area is 275 Å². The van der Waals surface area contributed by atoms with Crippen molar-refractivity contribution in [2.24, 2.45) is 0 Å². The monoisotopic (exact) mass is 662 g/mol. The second-order valence-corrected chi connectivity index (χ2v) is 13.3. The lowest BCUT2D eigenvalue weighted by molar-refractivity contribution is 0.0936. The summed E-state index contributed by atoms with van der Waals surface area (Å²) in [6.45, 7) is 0. The van der Waals surface area contributed by atoms with Crippen molar-refractivity contribution in [1.82, 2.24) is 38.9 Å². The summed E-state index contributed by atoms with van der Waals surface area (Å²) in [5, 5.41) is 7.40. The van der Waals surface area contributed by atoms with E-state index in [4.69, 9.17) is 15.7 Å². The van der Waals surface area contributed by atoms with Gasteiger partial charge in [0.15, 0.2) is 23.6 Å². The van der Waals surface area contributed by atoms with Crippen molar-refractivity contribution >= 4 is 45.1 Å². The average Bonchev–Trinajstić information content (AvgIpc) is 3.84. The number of carbonyl (C=O) groups is 2. The van der Waals surface area contributed by atoms with Gasteiger partial charge < -0.3 is 11.1 Å². The van der Waals surface area contributed by atoms with Crippen LogP contribution in [0, 0.1) is 0 Å². The molecule has 0 spiro atoms. The van der Waals surface area contributed by atoms with Gasteiger partial charge in [-0.2, -0.15) is 17.8 Å². The summed E-state index contributed by atoms with van der Waals surface area (Å²) in [5.74, 6) is 1.17. The van der Waals surface area contributed by atoms with Crippen molar-refractivity contribution in [1.29, 1.82) is 0 Å². The number of amides is 1. The molecular weight excluding hydrogens is 632 g/mol. The number of nitrogens with two attached hydrogens (primary N) is 1. The molecule has 0 radical (unpaired) electrons. The van der Waals surface area contributed by atoms with Gasteiger partial charge in [-0.05, 0) is 84.6 Å². The van der Waals surface area contributed by atoms with Crippen LogP contribution in [0.15, 0.2) is 85.3 Å². The van der Waals surface area contributed by atoms with Gasteiger partial charge in [0, 0.05) is 49.5 Å². The number of imidazole rings is 1. The third-order valence-electron chi connectivity index (χ3n) is 8.24. The van der Waals surface area contributed by atoms with Crippen molar-refractivity contribution in [2.45, 2.75) is 18.9 Å². The lowest BCUT2D eigenvalue weighted by Gasteiger charge is -2.17.